The zero-order valence-corrected chi connectivity index (χ0v) is 19.7. The Kier molecular flexibility index (Phi) is 6.84. The van der Waals surface area contributed by atoms with E-state index in [1.165, 1.54) is 12.1 Å². The number of aromatic nitrogens is 1. The number of carbonyl (C=O) groups is 2. The number of pyridine rings is 1. The van der Waals surface area contributed by atoms with Crippen molar-refractivity contribution in [3.05, 3.63) is 60.2 Å². The van der Waals surface area contributed by atoms with Crippen molar-refractivity contribution in [1.29, 1.82) is 0 Å². The van der Waals surface area contributed by atoms with Crippen molar-refractivity contribution in [3.8, 4) is 11.1 Å². The van der Waals surface area contributed by atoms with E-state index in [2.05, 4.69) is 24.1 Å². The third-order valence-electron chi connectivity index (χ3n) is 7.53. The van der Waals surface area contributed by atoms with E-state index in [0.717, 1.165) is 16.8 Å². The molecule has 2 aliphatic rings. The zero-order chi connectivity index (χ0) is 24.5. The number of nitrogens with one attached hydrogen (secondary N) is 1. The molecule has 1 unspecified atom stereocenters. The van der Waals surface area contributed by atoms with Crippen molar-refractivity contribution in [1.82, 2.24) is 10.3 Å². The molecule has 2 N–H and O–H groups in total. The Labute approximate surface area is 199 Å². The highest BCUT2D eigenvalue weighted by Crippen LogP contribution is 2.56. The van der Waals surface area contributed by atoms with Crippen LogP contribution in [0.4, 0.5) is 4.39 Å². The van der Waals surface area contributed by atoms with Crippen LogP contribution in [0.25, 0.3) is 17.2 Å². The molecule has 6 atom stereocenters. The standard InChI is InChI=1S/C27H31FN2O4/c1-16-14-27(25(32)29-11-12-31)24(18(3)34-26(27)33)23(17(16)2)10-9-22-8-7-20(15-30-22)19-5-4-6-21(28)13-19/h4-10,13,15-18,23-24,31H,11-12,14H2,1-3H3,(H,29,32)/b10-9+/t16-,17+,18+,23?,24-,27+/m0/s1. The maximum absolute atomic E-state index is 13.5. The third kappa shape index (κ3) is 4.25. The van der Waals surface area contributed by atoms with E-state index in [1.807, 2.05) is 37.3 Å². The van der Waals surface area contributed by atoms with Gasteiger partial charge in [-0.15, -0.1) is 0 Å². The summed E-state index contributed by atoms with van der Waals surface area (Å²) in [6.07, 6.45) is 5.69. The number of aliphatic hydroxyl groups is 1. The second kappa shape index (κ2) is 9.66. The fraction of sp³-hybridized carbons (Fsp3) is 0.444. The molecule has 2 heterocycles. The summed E-state index contributed by atoms with van der Waals surface area (Å²) in [6, 6.07) is 10.1. The Hall–Kier alpha value is -3.06. The Bertz CT molecular complexity index is 1090. The quantitative estimate of drug-likeness (QED) is 0.499. The highest BCUT2D eigenvalue weighted by atomic mass is 19.1. The van der Waals surface area contributed by atoms with Crippen LogP contribution < -0.4 is 5.32 Å². The molecule has 0 radical (unpaired) electrons. The van der Waals surface area contributed by atoms with Gasteiger partial charge in [0, 0.05) is 24.2 Å². The van der Waals surface area contributed by atoms with Crippen molar-refractivity contribution in [2.45, 2.75) is 33.3 Å². The fourth-order valence-electron chi connectivity index (χ4n) is 5.66. The van der Waals surface area contributed by atoms with Crippen molar-refractivity contribution in [3.63, 3.8) is 0 Å². The topological polar surface area (TPSA) is 88.5 Å². The van der Waals surface area contributed by atoms with Gasteiger partial charge >= 0.3 is 5.97 Å². The Morgan fingerprint density at radius 2 is 2.06 bits per heavy atom. The van der Waals surface area contributed by atoms with E-state index in [-0.39, 0.29) is 48.5 Å². The molecule has 180 valence electrons. The van der Waals surface area contributed by atoms with Gasteiger partial charge in [-0.05, 0) is 60.9 Å². The minimum absolute atomic E-state index is 0.0743. The number of halogens is 1. The summed E-state index contributed by atoms with van der Waals surface area (Å²) in [4.78, 5) is 30.7. The van der Waals surface area contributed by atoms with Gasteiger partial charge < -0.3 is 15.2 Å². The zero-order valence-electron chi connectivity index (χ0n) is 19.7. The SMILES string of the molecule is C[C@H]1C[C@@]2(C(=O)NCCO)C(=O)O[C@H](C)[C@H]2C(/C=C/c2ccc(-c3cccc(F)c3)cn2)[C@@H]1C. The first-order valence-electron chi connectivity index (χ1n) is 11.8. The molecule has 6 nitrogen and oxygen atoms in total. The van der Waals surface area contributed by atoms with Gasteiger partial charge in [-0.3, -0.25) is 14.6 Å². The van der Waals surface area contributed by atoms with Crippen LogP contribution in [-0.2, 0) is 14.3 Å². The van der Waals surface area contributed by atoms with E-state index >= 15 is 0 Å². The van der Waals surface area contributed by atoms with E-state index in [1.54, 1.807) is 12.3 Å². The van der Waals surface area contributed by atoms with Crippen molar-refractivity contribution < 1.29 is 23.8 Å². The molecule has 1 amide bonds. The van der Waals surface area contributed by atoms with E-state index < -0.39 is 17.5 Å². The summed E-state index contributed by atoms with van der Waals surface area (Å²) in [5.74, 6) is -1.18. The first kappa shape index (κ1) is 24.1. The van der Waals surface area contributed by atoms with E-state index in [9.17, 15) is 14.0 Å². The van der Waals surface area contributed by atoms with Crippen LogP contribution in [0, 0.1) is 34.9 Å². The summed E-state index contributed by atoms with van der Waals surface area (Å²) in [7, 11) is 0. The van der Waals surface area contributed by atoms with Gasteiger partial charge in [-0.2, -0.15) is 0 Å². The summed E-state index contributed by atoms with van der Waals surface area (Å²) < 4.78 is 19.2. The minimum Gasteiger partial charge on any atom is -0.461 e. The predicted octanol–water partition coefficient (Wildman–Crippen LogP) is 3.85. The molecular weight excluding hydrogens is 435 g/mol. The number of nitrogens with zero attached hydrogens (tertiary/aromatic N) is 1. The molecule has 7 heteroatoms. The maximum Gasteiger partial charge on any atom is 0.322 e. The van der Waals surface area contributed by atoms with Crippen LogP contribution in [0.1, 0.15) is 32.9 Å². The molecule has 0 bridgehead atoms. The minimum atomic E-state index is -1.26. The van der Waals surface area contributed by atoms with Gasteiger partial charge in [0.25, 0.3) is 0 Å². The molecule has 1 saturated carbocycles. The molecule has 1 aliphatic heterocycles. The number of rotatable bonds is 6. The Morgan fingerprint density at radius 1 is 1.26 bits per heavy atom. The monoisotopic (exact) mass is 466 g/mol. The molecular formula is C27H31FN2O4. The molecule has 1 saturated heterocycles. The number of hydrogen-bond donors (Lipinski definition) is 2. The van der Waals surface area contributed by atoms with Crippen LogP contribution in [0.2, 0.25) is 0 Å². The lowest BCUT2D eigenvalue weighted by molar-refractivity contribution is -0.157. The molecule has 2 fully saturated rings. The lowest BCUT2D eigenvalue weighted by atomic mass is 9.54. The molecule has 34 heavy (non-hydrogen) atoms. The van der Waals surface area contributed by atoms with Crippen molar-refractivity contribution in [2.75, 3.05) is 13.2 Å². The first-order chi connectivity index (χ1) is 16.3. The van der Waals surface area contributed by atoms with Gasteiger partial charge in [0.2, 0.25) is 5.91 Å². The van der Waals surface area contributed by atoms with Crippen LogP contribution in [0.5, 0.6) is 0 Å². The van der Waals surface area contributed by atoms with Crippen LogP contribution in [-0.4, -0.2) is 41.2 Å². The van der Waals surface area contributed by atoms with Crippen LogP contribution >= 0.6 is 0 Å². The van der Waals surface area contributed by atoms with Gasteiger partial charge in [0.15, 0.2) is 5.41 Å². The normalized spacial score (nSPS) is 30.7. The summed E-state index contributed by atoms with van der Waals surface area (Å²) >= 11 is 0. The molecule has 4 rings (SSSR count). The van der Waals surface area contributed by atoms with Crippen LogP contribution in [0.3, 0.4) is 0 Å². The average molecular weight is 467 g/mol. The largest absolute Gasteiger partial charge is 0.461 e. The first-order valence-corrected chi connectivity index (χ1v) is 11.8. The highest BCUT2D eigenvalue weighted by Gasteiger charge is 2.66. The Morgan fingerprint density at radius 3 is 2.74 bits per heavy atom. The fourth-order valence-corrected chi connectivity index (χ4v) is 5.66. The molecule has 0 spiro atoms. The number of allylic oxidation sites excluding steroid dienone is 1. The second-order valence-electron chi connectivity index (χ2n) is 9.55. The number of hydrogen-bond acceptors (Lipinski definition) is 5. The number of aliphatic hydroxyl groups excluding tert-OH is 1. The highest BCUT2D eigenvalue weighted by molar-refractivity contribution is 6.04. The number of fused-ring (bicyclic) bond motifs is 1. The predicted molar refractivity (Wildman–Crippen MR) is 127 cm³/mol. The second-order valence-corrected chi connectivity index (χ2v) is 9.55. The number of cyclic esters (lactones) is 1. The number of benzene rings is 1. The number of amides is 1. The summed E-state index contributed by atoms with van der Waals surface area (Å²) in [6.45, 7) is 5.96. The molecule has 1 aromatic heterocycles. The van der Waals surface area contributed by atoms with Gasteiger partial charge in [-0.25, -0.2) is 4.39 Å². The Balaban J connectivity index is 1.62. The van der Waals surface area contributed by atoms with Crippen LogP contribution in [0.15, 0.2) is 48.7 Å². The smallest absolute Gasteiger partial charge is 0.322 e. The number of esters is 1. The van der Waals surface area contributed by atoms with Crippen molar-refractivity contribution >= 4 is 18.0 Å². The average Bonchev–Trinajstić information content (AvgIpc) is 3.08. The molecule has 1 aromatic carbocycles. The summed E-state index contributed by atoms with van der Waals surface area (Å²) in [5.41, 5.74) is 1.05. The number of carbonyl (C=O) groups excluding carboxylic acids is 2. The third-order valence-corrected chi connectivity index (χ3v) is 7.53. The number of ether oxygens (including phenoxy) is 1. The van der Waals surface area contributed by atoms with E-state index in [4.69, 9.17) is 9.84 Å². The van der Waals surface area contributed by atoms with Gasteiger partial charge in [-0.1, -0.05) is 38.1 Å². The molecule has 1 aliphatic carbocycles. The lowest BCUT2D eigenvalue weighted by Crippen LogP contribution is -2.56. The maximum atomic E-state index is 13.5. The van der Waals surface area contributed by atoms with E-state index in [0.29, 0.717) is 6.42 Å². The summed E-state index contributed by atoms with van der Waals surface area (Å²) in [5, 5.41) is 11.9. The lowest BCUT2D eigenvalue weighted by Gasteiger charge is -2.46. The van der Waals surface area contributed by atoms with Gasteiger partial charge in [0.1, 0.15) is 11.9 Å². The molecule has 2 aromatic rings. The van der Waals surface area contributed by atoms with Gasteiger partial charge in [0.05, 0.1) is 12.3 Å². The van der Waals surface area contributed by atoms with Crippen molar-refractivity contribution in [2.24, 2.45) is 29.1 Å².